The van der Waals surface area contributed by atoms with Crippen molar-refractivity contribution in [3.8, 4) is 17.2 Å². The number of ether oxygens (including phenoxy) is 3. The van der Waals surface area contributed by atoms with E-state index in [1.54, 1.807) is 18.2 Å². The van der Waals surface area contributed by atoms with Gasteiger partial charge in [-0.2, -0.15) is 0 Å². The van der Waals surface area contributed by atoms with Gasteiger partial charge in [0.2, 0.25) is 0 Å². The molecule has 2 N–H and O–H groups in total. The average molecular weight is 515 g/mol. The molecule has 0 heterocycles. The number of benzene rings is 3. The molecule has 6 nitrogen and oxygen atoms in total. The second kappa shape index (κ2) is 12.1. The van der Waals surface area contributed by atoms with Crippen LogP contribution in [0, 0.1) is 0 Å². The van der Waals surface area contributed by atoms with Crippen molar-refractivity contribution in [2.75, 3.05) is 25.1 Å². The van der Waals surface area contributed by atoms with E-state index in [1.807, 2.05) is 61.5 Å². The van der Waals surface area contributed by atoms with Gasteiger partial charge in [-0.3, -0.25) is 10.1 Å². The van der Waals surface area contributed by atoms with Crippen molar-refractivity contribution in [3.63, 3.8) is 0 Å². The molecule has 166 valence electrons. The van der Waals surface area contributed by atoms with Crippen LogP contribution >= 0.6 is 28.1 Å². The zero-order valence-corrected chi connectivity index (χ0v) is 19.9. The van der Waals surface area contributed by atoms with Crippen LogP contribution in [-0.2, 0) is 0 Å². The summed E-state index contributed by atoms with van der Waals surface area (Å²) in [5, 5.41) is 5.85. The minimum atomic E-state index is -0.315. The topological polar surface area (TPSA) is 68.8 Å². The van der Waals surface area contributed by atoms with Crippen LogP contribution in [0.15, 0.2) is 77.3 Å². The van der Waals surface area contributed by atoms with Gasteiger partial charge in [-0.15, -0.1) is 0 Å². The predicted octanol–water partition coefficient (Wildman–Crippen LogP) is 5.43. The van der Waals surface area contributed by atoms with Crippen molar-refractivity contribution >= 4 is 44.9 Å². The first-order valence-corrected chi connectivity index (χ1v) is 11.2. The number of rotatable bonds is 9. The fourth-order valence-corrected chi connectivity index (χ4v) is 3.43. The molecule has 8 heteroatoms. The Labute approximate surface area is 201 Å². The summed E-state index contributed by atoms with van der Waals surface area (Å²) in [6, 6.07) is 22.0. The standard InChI is InChI=1S/C24H23BrN2O4S/c1-2-29-22-13-8-17(16-21(22)25)23(28)27-24(32)26-18-9-11-20(12-10-18)31-15-14-30-19-6-4-3-5-7-19/h3-13,16H,2,14-15H2,1H3,(H2,26,27,28,32). The van der Waals surface area contributed by atoms with Crippen molar-refractivity contribution in [1.82, 2.24) is 5.32 Å². The van der Waals surface area contributed by atoms with Gasteiger partial charge >= 0.3 is 0 Å². The summed E-state index contributed by atoms with van der Waals surface area (Å²) in [4.78, 5) is 12.4. The Morgan fingerprint density at radius 3 is 2.19 bits per heavy atom. The number of hydrogen-bond acceptors (Lipinski definition) is 5. The lowest BCUT2D eigenvalue weighted by Gasteiger charge is -2.12. The van der Waals surface area contributed by atoms with Crippen molar-refractivity contribution in [2.24, 2.45) is 0 Å². The Kier molecular flexibility index (Phi) is 8.89. The molecule has 3 rings (SSSR count). The number of nitrogens with one attached hydrogen (secondary N) is 2. The van der Waals surface area contributed by atoms with E-state index in [0.29, 0.717) is 41.4 Å². The van der Waals surface area contributed by atoms with E-state index in [4.69, 9.17) is 26.4 Å². The molecule has 3 aromatic carbocycles. The van der Waals surface area contributed by atoms with Crippen LogP contribution < -0.4 is 24.8 Å². The third-order valence-corrected chi connectivity index (χ3v) is 5.02. The maximum atomic E-state index is 12.4. The molecule has 32 heavy (non-hydrogen) atoms. The molecule has 0 aromatic heterocycles. The molecule has 0 saturated heterocycles. The Morgan fingerprint density at radius 1 is 0.906 bits per heavy atom. The summed E-state index contributed by atoms with van der Waals surface area (Å²) in [5.41, 5.74) is 1.20. The van der Waals surface area contributed by atoms with Crippen molar-refractivity contribution < 1.29 is 19.0 Å². The van der Waals surface area contributed by atoms with Gasteiger partial charge in [-0.25, -0.2) is 0 Å². The first-order valence-electron chi connectivity index (χ1n) is 10.0. The minimum Gasteiger partial charge on any atom is -0.493 e. The second-order valence-electron chi connectivity index (χ2n) is 6.52. The number of halogens is 1. The van der Waals surface area contributed by atoms with E-state index >= 15 is 0 Å². The molecule has 0 unspecified atom stereocenters. The van der Waals surface area contributed by atoms with E-state index in [0.717, 1.165) is 11.4 Å². The van der Waals surface area contributed by atoms with Gasteiger partial charge in [0, 0.05) is 11.3 Å². The molecule has 0 fully saturated rings. The summed E-state index contributed by atoms with van der Waals surface area (Å²) in [6.45, 7) is 3.31. The smallest absolute Gasteiger partial charge is 0.257 e. The number of amides is 1. The highest BCUT2D eigenvalue weighted by molar-refractivity contribution is 9.10. The van der Waals surface area contributed by atoms with Crippen LogP contribution in [0.1, 0.15) is 17.3 Å². The summed E-state index contributed by atoms with van der Waals surface area (Å²) in [6.07, 6.45) is 0. The van der Waals surface area contributed by atoms with Gasteiger partial charge in [0.1, 0.15) is 30.5 Å². The SMILES string of the molecule is CCOc1ccc(C(=O)NC(=S)Nc2ccc(OCCOc3ccccc3)cc2)cc1Br. The minimum absolute atomic E-state index is 0.199. The van der Waals surface area contributed by atoms with Gasteiger partial charge < -0.3 is 19.5 Å². The highest BCUT2D eigenvalue weighted by Gasteiger charge is 2.11. The van der Waals surface area contributed by atoms with Crippen molar-refractivity contribution in [2.45, 2.75) is 6.92 Å². The Balaban J connectivity index is 1.44. The molecule has 0 aliphatic rings. The van der Waals surface area contributed by atoms with Crippen LogP contribution in [0.3, 0.4) is 0 Å². The largest absolute Gasteiger partial charge is 0.493 e. The lowest BCUT2D eigenvalue weighted by atomic mass is 10.2. The predicted molar refractivity (Wildman–Crippen MR) is 133 cm³/mol. The molecular weight excluding hydrogens is 492 g/mol. The molecule has 3 aromatic rings. The highest BCUT2D eigenvalue weighted by atomic mass is 79.9. The van der Waals surface area contributed by atoms with Crippen molar-refractivity contribution in [1.29, 1.82) is 0 Å². The number of carbonyl (C=O) groups excluding carboxylic acids is 1. The Hall–Kier alpha value is -3.10. The van der Waals surface area contributed by atoms with Crippen LogP contribution in [0.25, 0.3) is 0 Å². The van der Waals surface area contributed by atoms with Crippen LogP contribution in [0.4, 0.5) is 5.69 Å². The quantitative estimate of drug-likeness (QED) is 0.293. The van der Waals surface area contributed by atoms with E-state index in [9.17, 15) is 4.79 Å². The average Bonchev–Trinajstić information content (AvgIpc) is 2.80. The van der Waals surface area contributed by atoms with Gasteiger partial charge in [0.05, 0.1) is 11.1 Å². The third kappa shape index (κ3) is 7.25. The fourth-order valence-electron chi connectivity index (χ4n) is 2.72. The van der Waals surface area contributed by atoms with E-state index in [1.165, 1.54) is 0 Å². The Bertz CT molecular complexity index is 1050. The summed E-state index contributed by atoms with van der Waals surface area (Å²) in [7, 11) is 0. The first-order chi connectivity index (χ1) is 15.5. The van der Waals surface area contributed by atoms with E-state index in [2.05, 4.69) is 26.6 Å². The monoisotopic (exact) mass is 514 g/mol. The maximum absolute atomic E-state index is 12.4. The highest BCUT2D eigenvalue weighted by Crippen LogP contribution is 2.26. The fraction of sp³-hybridized carbons (Fsp3) is 0.167. The molecule has 0 saturated carbocycles. The molecule has 1 amide bonds. The molecular formula is C24H23BrN2O4S. The second-order valence-corrected chi connectivity index (χ2v) is 7.78. The number of anilines is 1. The zero-order valence-electron chi connectivity index (χ0n) is 17.5. The lowest BCUT2D eigenvalue weighted by molar-refractivity contribution is 0.0977. The summed E-state index contributed by atoms with van der Waals surface area (Å²) < 4.78 is 17.4. The third-order valence-electron chi connectivity index (χ3n) is 4.20. The molecule has 0 aliphatic heterocycles. The number of hydrogen-bond donors (Lipinski definition) is 2. The van der Waals surface area contributed by atoms with Crippen LogP contribution in [0.2, 0.25) is 0 Å². The normalized spacial score (nSPS) is 10.2. The zero-order chi connectivity index (χ0) is 22.8. The van der Waals surface area contributed by atoms with E-state index < -0.39 is 0 Å². The lowest BCUT2D eigenvalue weighted by Crippen LogP contribution is -2.34. The van der Waals surface area contributed by atoms with Crippen LogP contribution in [-0.4, -0.2) is 30.8 Å². The van der Waals surface area contributed by atoms with Gasteiger partial charge in [-0.1, -0.05) is 18.2 Å². The summed E-state index contributed by atoms with van der Waals surface area (Å²) >= 11 is 8.65. The molecule has 0 bridgehead atoms. The van der Waals surface area contributed by atoms with Gasteiger partial charge in [-0.05, 0) is 89.7 Å². The van der Waals surface area contributed by atoms with Gasteiger partial charge in [0.25, 0.3) is 5.91 Å². The number of thiocarbonyl (C=S) groups is 1. The van der Waals surface area contributed by atoms with Crippen LogP contribution in [0.5, 0.6) is 17.2 Å². The van der Waals surface area contributed by atoms with E-state index in [-0.39, 0.29) is 11.0 Å². The number of carbonyl (C=O) groups is 1. The molecule has 0 aliphatic carbocycles. The maximum Gasteiger partial charge on any atom is 0.257 e. The Morgan fingerprint density at radius 2 is 1.56 bits per heavy atom. The number of para-hydroxylation sites is 1. The first kappa shape index (κ1) is 23.6. The molecule has 0 radical (unpaired) electrons. The van der Waals surface area contributed by atoms with Gasteiger partial charge in [0.15, 0.2) is 5.11 Å². The molecule has 0 atom stereocenters. The summed E-state index contributed by atoms with van der Waals surface area (Å²) in [5.74, 6) is 1.88. The molecule has 0 spiro atoms. The van der Waals surface area contributed by atoms with Crippen molar-refractivity contribution in [3.05, 3.63) is 82.8 Å².